The van der Waals surface area contributed by atoms with Crippen LogP contribution in [0.4, 0.5) is 0 Å². The molecule has 1 unspecified atom stereocenters. The van der Waals surface area contributed by atoms with E-state index in [1.807, 2.05) is 25.1 Å². The van der Waals surface area contributed by atoms with E-state index in [0.29, 0.717) is 17.6 Å². The number of hydrogen-bond acceptors (Lipinski definition) is 6. The number of aliphatic hydroxyl groups is 1. The molecule has 1 aliphatic heterocycles. The van der Waals surface area contributed by atoms with Gasteiger partial charge in [0, 0.05) is 6.54 Å². The van der Waals surface area contributed by atoms with E-state index in [9.17, 15) is 5.11 Å². The highest BCUT2D eigenvalue weighted by Crippen LogP contribution is 2.18. The van der Waals surface area contributed by atoms with Crippen molar-refractivity contribution in [1.29, 1.82) is 0 Å². The van der Waals surface area contributed by atoms with Crippen LogP contribution in [0, 0.1) is 6.92 Å². The molecule has 1 aromatic heterocycles. The molecule has 0 saturated carbocycles. The van der Waals surface area contributed by atoms with E-state index in [0.717, 1.165) is 18.7 Å². The Morgan fingerprint density at radius 1 is 1.42 bits per heavy atom. The maximum absolute atomic E-state index is 10.0. The summed E-state index contributed by atoms with van der Waals surface area (Å²) >= 11 is 6.07. The zero-order valence-electron chi connectivity index (χ0n) is 13.7. The molecule has 0 aliphatic carbocycles. The Balaban J connectivity index is 1.53. The minimum Gasteiger partial charge on any atom is -0.434 e. The number of rotatable bonds is 6. The highest BCUT2D eigenvalue weighted by Gasteiger charge is 2.16. The molecule has 130 valence electrons. The third-order valence-electron chi connectivity index (χ3n) is 4.05. The van der Waals surface area contributed by atoms with Crippen molar-refractivity contribution in [3.05, 3.63) is 29.7 Å². The number of fused-ring (bicyclic) bond motifs is 1. The van der Waals surface area contributed by atoms with Crippen LogP contribution in [0.15, 0.2) is 27.8 Å². The molecule has 3 rings (SSSR count). The van der Waals surface area contributed by atoms with Crippen LogP contribution >= 0.6 is 11.6 Å². The van der Waals surface area contributed by atoms with Gasteiger partial charge in [0.05, 0.1) is 0 Å². The van der Waals surface area contributed by atoms with E-state index < -0.39 is 6.10 Å². The van der Waals surface area contributed by atoms with Gasteiger partial charge in [-0.05, 0) is 50.6 Å². The highest BCUT2D eigenvalue weighted by atomic mass is 35.5. The van der Waals surface area contributed by atoms with Gasteiger partial charge >= 0.3 is 0 Å². The first-order valence-corrected chi connectivity index (χ1v) is 8.63. The number of benzene rings is 1. The molecule has 2 heterocycles. The van der Waals surface area contributed by atoms with Gasteiger partial charge in [-0.2, -0.15) is 0 Å². The SMILES string of the molecule is Cc1ccc2nc(/C(Cl)=N/OCC(O)CN3CCCCC3)oc2c1. The van der Waals surface area contributed by atoms with Crippen LogP contribution in [0.2, 0.25) is 0 Å². The van der Waals surface area contributed by atoms with Crippen LogP contribution in [0.25, 0.3) is 11.1 Å². The average molecular weight is 352 g/mol. The summed E-state index contributed by atoms with van der Waals surface area (Å²) in [4.78, 5) is 11.7. The van der Waals surface area contributed by atoms with Crippen LogP contribution in [0.5, 0.6) is 0 Å². The molecule has 1 aromatic carbocycles. The molecular formula is C17H22ClN3O3. The van der Waals surface area contributed by atoms with Gasteiger partial charge in [-0.1, -0.05) is 29.2 Å². The molecule has 1 N–H and O–H groups in total. The molecule has 7 heteroatoms. The van der Waals surface area contributed by atoms with Gasteiger partial charge in [-0.25, -0.2) is 4.98 Å². The molecule has 1 saturated heterocycles. The van der Waals surface area contributed by atoms with E-state index >= 15 is 0 Å². The van der Waals surface area contributed by atoms with E-state index in [-0.39, 0.29) is 17.7 Å². The van der Waals surface area contributed by atoms with Gasteiger partial charge in [0.25, 0.3) is 5.89 Å². The molecule has 1 aliphatic rings. The highest BCUT2D eigenvalue weighted by molar-refractivity contribution is 6.68. The third-order valence-corrected chi connectivity index (χ3v) is 4.28. The molecule has 0 bridgehead atoms. The van der Waals surface area contributed by atoms with Crippen molar-refractivity contribution in [2.75, 3.05) is 26.2 Å². The van der Waals surface area contributed by atoms with Crippen molar-refractivity contribution >= 4 is 27.9 Å². The van der Waals surface area contributed by atoms with E-state index in [1.54, 1.807) is 0 Å². The second-order valence-corrected chi connectivity index (χ2v) is 6.54. The summed E-state index contributed by atoms with van der Waals surface area (Å²) in [5, 5.41) is 13.8. The number of nitrogens with zero attached hydrogens (tertiary/aromatic N) is 3. The number of piperidine rings is 1. The quantitative estimate of drug-likeness (QED) is 0.640. The zero-order chi connectivity index (χ0) is 16.9. The molecule has 0 amide bonds. The lowest BCUT2D eigenvalue weighted by molar-refractivity contribution is 0.0160. The topological polar surface area (TPSA) is 71.1 Å². The van der Waals surface area contributed by atoms with E-state index in [2.05, 4.69) is 15.0 Å². The number of β-amino-alcohol motifs (C(OH)–C–C–N with tert-alkyl or cyclic N) is 1. The Morgan fingerprint density at radius 3 is 3.00 bits per heavy atom. The van der Waals surface area contributed by atoms with Gasteiger partial charge in [0.1, 0.15) is 18.2 Å². The molecule has 1 fully saturated rings. The fourth-order valence-electron chi connectivity index (χ4n) is 2.83. The van der Waals surface area contributed by atoms with E-state index in [4.69, 9.17) is 20.9 Å². The molecular weight excluding hydrogens is 330 g/mol. The Labute approximate surface area is 146 Å². The number of aliphatic hydroxyl groups excluding tert-OH is 1. The normalized spacial score (nSPS) is 18.0. The zero-order valence-corrected chi connectivity index (χ0v) is 14.5. The molecule has 0 radical (unpaired) electrons. The fourth-order valence-corrected chi connectivity index (χ4v) is 2.96. The molecule has 2 aromatic rings. The van der Waals surface area contributed by atoms with Crippen molar-refractivity contribution in [3.8, 4) is 0 Å². The minimum absolute atomic E-state index is 0.0361. The number of aromatic nitrogens is 1. The summed E-state index contributed by atoms with van der Waals surface area (Å²) in [7, 11) is 0. The fraction of sp³-hybridized carbons (Fsp3) is 0.529. The largest absolute Gasteiger partial charge is 0.434 e. The maximum Gasteiger partial charge on any atom is 0.261 e. The Hall–Kier alpha value is -1.63. The maximum atomic E-state index is 10.0. The Bertz CT molecular complexity index is 710. The summed E-state index contributed by atoms with van der Waals surface area (Å²) < 4.78 is 5.57. The summed E-state index contributed by atoms with van der Waals surface area (Å²) in [6.45, 7) is 4.72. The van der Waals surface area contributed by atoms with Gasteiger partial charge < -0.3 is 19.3 Å². The molecule has 6 nitrogen and oxygen atoms in total. The van der Waals surface area contributed by atoms with Crippen molar-refractivity contribution < 1.29 is 14.4 Å². The smallest absolute Gasteiger partial charge is 0.261 e. The number of oxime groups is 1. The number of likely N-dealkylation sites (tertiary alicyclic amines) is 1. The number of halogens is 1. The number of aryl methyl sites for hydroxylation is 1. The van der Waals surface area contributed by atoms with Crippen molar-refractivity contribution in [2.24, 2.45) is 5.16 Å². The predicted octanol–water partition coefficient (Wildman–Crippen LogP) is 2.90. The summed E-state index contributed by atoms with van der Waals surface area (Å²) in [5.41, 5.74) is 2.45. The standard InChI is InChI=1S/C17H22ClN3O3/c1-12-5-6-14-15(9-12)24-17(19-14)16(18)20-23-11-13(22)10-21-7-3-2-4-8-21/h5-6,9,13,22H,2-4,7-8,10-11H2,1H3/b20-16-. The van der Waals surface area contributed by atoms with Crippen LogP contribution in [-0.2, 0) is 4.84 Å². The molecule has 1 atom stereocenters. The lowest BCUT2D eigenvalue weighted by Crippen LogP contribution is -2.38. The second kappa shape index (κ2) is 7.96. The van der Waals surface area contributed by atoms with Crippen LogP contribution in [-0.4, -0.2) is 52.5 Å². The summed E-state index contributed by atoms with van der Waals surface area (Å²) in [6.07, 6.45) is 3.05. The van der Waals surface area contributed by atoms with Gasteiger partial charge in [0.15, 0.2) is 5.58 Å². The monoisotopic (exact) mass is 351 g/mol. The van der Waals surface area contributed by atoms with Gasteiger partial charge in [0.2, 0.25) is 5.17 Å². The molecule has 0 spiro atoms. The first-order chi connectivity index (χ1) is 11.6. The van der Waals surface area contributed by atoms with Crippen molar-refractivity contribution in [1.82, 2.24) is 9.88 Å². The lowest BCUT2D eigenvalue weighted by atomic mass is 10.1. The van der Waals surface area contributed by atoms with E-state index in [1.165, 1.54) is 19.3 Å². The first kappa shape index (κ1) is 17.2. The second-order valence-electron chi connectivity index (χ2n) is 6.18. The minimum atomic E-state index is -0.595. The first-order valence-electron chi connectivity index (χ1n) is 8.25. The Morgan fingerprint density at radius 2 is 2.21 bits per heavy atom. The molecule has 24 heavy (non-hydrogen) atoms. The van der Waals surface area contributed by atoms with Gasteiger partial charge in [-0.15, -0.1) is 0 Å². The van der Waals surface area contributed by atoms with Crippen LogP contribution < -0.4 is 0 Å². The van der Waals surface area contributed by atoms with Gasteiger partial charge in [-0.3, -0.25) is 0 Å². The van der Waals surface area contributed by atoms with Crippen molar-refractivity contribution in [3.63, 3.8) is 0 Å². The number of oxazole rings is 1. The van der Waals surface area contributed by atoms with Crippen LogP contribution in [0.3, 0.4) is 0 Å². The summed E-state index contributed by atoms with van der Waals surface area (Å²) in [6, 6.07) is 5.71. The lowest BCUT2D eigenvalue weighted by Gasteiger charge is -2.27. The summed E-state index contributed by atoms with van der Waals surface area (Å²) in [5.74, 6) is 0.211. The number of hydrogen-bond donors (Lipinski definition) is 1. The average Bonchev–Trinajstić information content (AvgIpc) is 2.99. The predicted molar refractivity (Wildman–Crippen MR) is 93.4 cm³/mol. The van der Waals surface area contributed by atoms with Crippen LogP contribution in [0.1, 0.15) is 30.7 Å². The van der Waals surface area contributed by atoms with Crippen molar-refractivity contribution in [2.45, 2.75) is 32.3 Å². The Kier molecular flexibility index (Phi) is 5.71. The third kappa shape index (κ3) is 4.47.